The number of methoxy groups -OCH3 is 1. The maximum atomic E-state index is 12.7. The van der Waals surface area contributed by atoms with E-state index in [9.17, 15) is 18.0 Å². The average Bonchev–Trinajstić information content (AvgIpc) is 3.10. The van der Waals surface area contributed by atoms with Gasteiger partial charge < -0.3 is 4.74 Å². The highest BCUT2D eigenvalue weighted by Crippen LogP contribution is 2.29. The van der Waals surface area contributed by atoms with Gasteiger partial charge >= 0.3 is 12.1 Å². The number of nitrogens with zero attached hydrogens (tertiary/aromatic N) is 4. The fraction of sp³-hybridized carbons (Fsp3) is 0.500. The molecule has 0 unspecified atom stereocenters. The molecule has 0 atom stereocenters. The number of esters is 1. The maximum absolute atomic E-state index is 12.7. The van der Waals surface area contributed by atoms with Crippen molar-refractivity contribution in [1.29, 1.82) is 0 Å². The Labute approximate surface area is 135 Å². The summed E-state index contributed by atoms with van der Waals surface area (Å²) in [6.45, 7) is 1.34. The summed E-state index contributed by atoms with van der Waals surface area (Å²) >= 11 is 0. The molecule has 0 bridgehead atoms. The van der Waals surface area contributed by atoms with E-state index in [0.717, 1.165) is 17.3 Å². The minimum atomic E-state index is -4.46. The van der Waals surface area contributed by atoms with E-state index in [-0.39, 0.29) is 5.69 Å². The van der Waals surface area contributed by atoms with Gasteiger partial charge in [0.1, 0.15) is 0 Å². The van der Waals surface area contributed by atoms with Crippen LogP contribution in [0.15, 0.2) is 6.07 Å². The normalized spacial score (nSPS) is 15.4. The van der Waals surface area contributed by atoms with E-state index >= 15 is 0 Å². The summed E-state index contributed by atoms with van der Waals surface area (Å²) in [6, 6.07) is 1.05. The molecule has 3 rings (SSSR count). The number of hydrogen-bond donors (Lipinski definition) is 1. The van der Waals surface area contributed by atoms with E-state index in [2.05, 4.69) is 15.3 Å². The number of ether oxygens (including phenoxy) is 1. The van der Waals surface area contributed by atoms with Crippen LogP contribution in [-0.2, 0) is 37.5 Å². The van der Waals surface area contributed by atoms with Gasteiger partial charge in [0.05, 0.1) is 12.8 Å². The van der Waals surface area contributed by atoms with Crippen LogP contribution in [0.2, 0.25) is 0 Å². The van der Waals surface area contributed by atoms with E-state index in [0.29, 0.717) is 31.7 Å². The number of fused-ring (bicyclic) bond motifs is 1. The summed E-state index contributed by atoms with van der Waals surface area (Å²) in [5.74, 6) is -0.533. The van der Waals surface area contributed by atoms with Crippen molar-refractivity contribution < 1.29 is 22.7 Å². The monoisotopic (exact) mass is 343 g/mol. The first-order chi connectivity index (χ1) is 11.3. The second kappa shape index (κ2) is 5.93. The molecular weight excluding hydrogens is 327 g/mol. The molecule has 2 aromatic rings. The number of aromatic nitrogens is 4. The number of alkyl halides is 3. The molecule has 0 radical (unpaired) electrons. The topological polar surface area (TPSA) is 76.0 Å². The number of H-pyrrole nitrogens is 1. The number of carbonyl (C=O) groups excluding carboxylic acids is 1. The third-order valence-corrected chi connectivity index (χ3v) is 4.04. The highest BCUT2D eigenvalue weighted by atomic mass is 19.4. The van der Waals surface area contributed by atoms with E-state index < -0.39 is 17.8 Å². The number of aromatic amines is 1. The van der Waals surface area contributed by atoms with Gasteiger partial charge in [0.2, 0.25) is 0 Å². The van der Waals surface area contributed by atoms with Crippen LogP contribution in [0.25, 0.3) is 0 Å². The summed E-state index contributed by atoms with van der Waals surface area (Å²) in [5, 5.41) is 10.3. The number of hydrogen-bond acceptors (Lipinski definition) is 5. The summed E-state index contributed by atoms with van der Waals surface area (Å²) in [4.78, 5) is 13.7. The first-order valence-electron chi connectivity index (χ1n) is 7.26. The standard InChI is InChI=1S/C14H16F3N5O2/c1-21-8(5-11(20-21)14(15,16)17)6-22-4-3-10-9(7-22)12(19-18-10)13(23)24-2/h5H,3-4,6-7H2,1-2H3,(H,18,19). The molecular formula is C14H16F3N5O2. The van der Waals surface area contributed by atoms with Gasteiger partial charge in [-0.1, -0.05) is 0 Å². The smallest absolute Gasteiger partial charge is 0.435 e. The Balaban J connectivity index is 1.78. The Bertz CT molecular complexity index is 765. The zero-order chi connectivity index (χ0) is 17.5. The predicted octanol–water partition coefficient (Wildman–Crippen LogP) is 1.51. The van der Waals surface area contributed by atoms with Crippen molar-refractivity contribution in [3.63, 3.8) is 0 Å². The molecule has 0 aliphatic carbocycles. The predicted molar refractivity (Wildman–Crippen MR) is 76.0 cm³/mol. The third kappa shape index (κ3) is 3.01. The number of halogens is 3. The van der Waals surface area contributed by atoms with Gasteiger partial charge in [-0.05, 0) is 6.07 Å². The van der Waals surface area contributed by atoms with Crippen LogP contribution in [0.3, 0.4) is 0 Å². The molecule has 3 heterocycles. The Kier molecular flexibility index (Phi) is 4.08. The highest BCUT2D eigenvalue weighted by Gasteiger charge is 2.35. The first kappa shape index (κ1) is 16.5. The Morgan fingerprint density at radius 3 is 2.83 bits per heavy atom. The SMILES string of the molecule is COC(=O)c1n[nH]c2c1CN(Cc1cc(C(F)(F)F)nn1C)CC2. The van der Waals surface area contributed by atoms with Crippen molar-refractivity contribution >= 4 is 5.97 Å². The molecule has 1 aliphatic rings. The minimum Gasteiger partial charge on any atom is -0.464 e. The van der Waals surface area contributed by atoms with Crippen molar-refractivity contribution in [2.75, 3.05) is 13.7 Å². The summed E-state index contributed by atoms with van der Waals surface area (Å²) in [5.41, 5.74) is 1.35. The highest BCUT2D eigenvalue weighted by molar-refractivity contribution is 5.89. The Morgan fingerprint density at radius 2 is 2.21 bits per heavy atom. The zero-order valence-electron chi connectivity index (χ0n) is 13.1. The number of rotatable bonds is 3. The Morgan fingerprint density at radius 1 is 1.46 bits per heavy atom. The molecule has 0 spiro atoms. The molecule has 24 heavy (non-hydrogen) atoms. The van der Waals surface area contributed by atoms with E-state index in [1.807, 2.05) is 4.90 Å². The summed E-state index contributed by atoms with van der Waals surface area (Å²) in [7, 11) is 2.76. The zero-order valence-corrected chi connectivity index (χ0v) is 13.1. The van der Waals surface area contributed by atoms with Crippen molar-refractivity contribution in [3.05, 3.63) is 34.4 Å². The largest absolute Gasteiger partial charge is 0.464 e. The third-order valence-electron chi connectivity index (χ3n) is 4.04. The molecule has 0 saturated heterocycles. The molecule has 7 nitrogen and oxygen atoms in total. The molecule has 0 aromatic carbocycles. The van der Waals surface area contributed by atoms with Crippen LogP contribution in [0, 0.1) is 0 Å². The lowest BCUT2D eigenvalue weighted by atomic mass is 10.1. The van der Waals surface area contributed by atoms with Gasteiger partial charge in [-0.15, -0.1) is 0 Å². The van der Waals surface area contributed by atoms with Crippen LogP contribution in [-0.4, -0.2) is 44.5 Å². The molecule has 0 fully saturated rings. The van der Waals surface area contributed by atoms with E-state index in [4.69, 9.17) is 4.74 Å². The summed E-state index contributed by atoms with van der Waals surface area (Å²) < 4.78 is 44.2. The molecule has 10 heteroatoms. The van der Waals surface area contributed by atoms with Crippen LogP contribution < -0.4 is 0 Å². The van der Waals surface area contributed by atoms with Crippen LogP contribution in [0.4, 0.5) is 13.2 Å². The van der Waals surface area contributed by atoms with Gasteiger partial charge in [-0.3, -0.25) is 14.7 Å². The first-order valence-corrected chi connectivity index (χ1v) is 7.26. The second-order valence-electron chi connectivity index (χ2n) is 5.62. The lowest BCUT2D eigenvalue weighted by molar-refractivity contribution is -0.141. The number of aryl methyl sites for hydroxylation is 1. The van der Waals surface area contributed by atoms with Crippen molar-refractivity contribution in [2.45, 2.75) is 25.7 Å². The van der Waals surface area contributed by atoms with E-state index in [1.54, 1.807) is 0 Å². The molecule has 130 valence electrons. The van der Waals surface area contributed by atoms with Crippen LogP contribution in [0.1, 0.15) is 33.1 Å². The maximum Gasteiger partial charge on any atom is 0.435 e. The van der Waals surface area contributed by atoms with Crippen molar-refractivity contribution in [1.82, 2.24) is 24.9 Å². The van der Waals surface area contributed by atoms with Gasteiger partial charge in [0.25, 0.3) is 0 Å². The Hall–Kier alpha value is -2.36. The van der Waals surface area contributed by atoms with Crippen molar-refractivity contribution in [2.24, 2.45) is 7.05 Å². The van der Waals surface area contributed by atoms with Crippen molar-refractivity contribution in [3.8, 4) is 0 Å². The van der Waals surface area contributed by atoms with Gasteiger partial charge in [-0.25, -0.2) is 4.79 Å². The molecule has 0 amide bonds. The molecule has 0 saturated carbocycles. The van der Waals surface area contributed by atoms with Gasteiger partial charge in [0.15, 0.2) is 11.4 Å². The fourth-order valence-electron chi connectivity index (χ4n) is 2.77. The number of nitrogens with one attached hydrogen (secondary N) is 1. The molecule has 1 aliphatic heterocycles. The fourth-order valence-corrected chi connectivity index (χ4v) is 2.77. The second-order valence-corrected chi connectivity index (χ2v) is 5.62. The lowest BCUT2D eigenvalue weighted by Gasteiger charge is -2.26. The quantitative estimate of drug-likeness (QED) is 0.855. The minimum absolute atomic E-state index is 0.221. The van der Waals surface area contributed by atoms with Crippen LogP contribution >= 0.6 is 0 Å². The van der Waals surface area contributed by atoms with Gasteiger partial charge in [-0.2, -0.15) is 23.4 Å². The lowest BCUT2D eigenvalue weighted by Crippen LogP contribution is -2.31. The van der Waals surface area contributed by atoms with E-state index in [1.165, 1.54) is 18.8 Å². The molecule has 1 N–H and O–H groups in total. The van der Waals surface area contributed by atoms with Crippen LogP contribution in [0.5, 0.6) is 0 Å². The number of carbonyl (C=O) groups is 1. The van der Waals surface area contributed by atoms with Gasteiger partial charge in [0, 0.05) is 44.4 Å². The molecule has 2 aromatic heterocycles. The summed E-state index contributed by atoms with van der Waals surface area (Å²) in [6.07, 6.45) is -3.84. The average molecular weight is 343 g/mol.